The van der Waals surface area contributed by atoms with Crippen LogP contribution in [0.1, 0.15) is 30.2 Å². The second-order valence-electron chi connectivity index (χ2n) is 6.58. The highest BCUT2D eigenvalue weighted by Gasteiger charge is 2.26. The molecule has 7 nitrogen and oxygen atoms in total. The minimum Gasteiger partial charge on any atom is -0.338 e. The average Bonchev–Trinajstić information content (AvgIpc) is 3.03. The Balaban J connectivity index is 1.45. The van der Waals surface area contributed by atoms with Crippen LogP contribution in [0.5, 0.6) is 0 Å². The first-order chi connectivity index (χ1) is 12.0. The number of hydrogen-bond donors (Lipinski definition) is 1. The molecule has 0 unspecified atom stereocenters. The number of carbonyl (C=O) groups is 1. The number of amides is 1. The van der Waals surface area contributed by atoms with E-state index in [0.717, 1.165) is 31.9 Å². The summed E-state index contributed by atoms with van der Waals surface area (Å²) >= 11 is 0. The highest BCUT2D eigenvalue weighted by molar-refractivity contribution is 5.92. The van der Waals surface area contributed by atoms with E-state index in [1.165, 1.54) is 5.56 Å². The first kappa shape index (κ1) is 17.6. The molecule has 3 rings (SSSR count). The fraction of sp³-hybridized carbons (Fsp3) is 0.500. The van der Waals surface area contributed by atoms with Crippen molar-refractivity contribution in [3.8, 4) is 0 Å². The number of aryl methyl sites for hydroxylation is 2. The van der Waals surface area contributed by atoms with Crippen molar-refractivity contribution in [3.63, 3.8) is 0 Å². The zero-order valence-corrected chi connectivity index (χ0v) is 15.0. The lowest BCUT2D eigenvalue weighted by Crippen LogP contribution is -2.49. The van der Waals surface area contributed by atoms with Crippen LogP contribution >= 0.6 is 0 Å². The number of nitrogens with one attached hydrogen (secondary N) is 1. The van der Waals surface area contributed by atoms with Crippen molar-refractivity contribution < 1.29 is 9.32 Å². The molecule has 134 valence electrons. The van der Waals surface area contributed by atoms with Crippen molar-refractivity contribution in [1.29, 1.82) is 0 Å². The summed E-state index contributed by atoms with van der Waals surface area (Å²) in [7, 11) is 0. The highest BCUT2D eigenvalue weighted by Crippen LogP contribution is 2.20. The van der Waals surface area contributed by atoms with Gasteiger partial charge in [0.2, 0.25) is 11.8 Å². The zero-order valence-electron chi connectivity index (χ0n) is 15.0. The molecule has 1 saturated heterocycles. The van der Waals surface area contributed by atoms with E-state index < -0.39 is 0 Å². The van der Waals surface area contributed by atoms with Gasteiger partial charge in [-0.25, -0.2) is 0 Å². The van der Waals surface area contributed by atoms with E-state index in [1.807, 2.05) is 38.1 Å². The van der Waals surface area contributed by atoms with Crippen LogP contribution in [-0.2, 0) is 4.79 Å². The highest BCUT2D eigenvalue weighted by atomic mass is 16.5. The topological polar surface area (TPSA) is 74.5 Å². The summed E-state index contributed by atoms with van der Waals surface area (Å²) < 4.78 is 5.26. The van der Waals surface area contributed by atoms with Crippen molar-refractivity contribution in [2.24, 2.45) is 0 Å². The van der Waals surface area contributed by atoms with Gasteiger partial charge in [-0.3, -0.25) is 14.6 Å². The molecule has 25 heavy (non-hydrogen) atoms. The van der Waals surface area contributed by atoms with E-state index in [-0.39, 0.29) is 11.9 Å². The smallest absolute Gasteiger partial charge is 0.243 e. The Bertz CT molecular complexity index is 705. The van der Waals surface area contributed by atoms with E-state index in [2.05, 4.69) is 32.2 Å². The summed E-state index contributed by atoms with van der Waals surface area (Å²) in [6, 6.07) is 7.95. The predicted molar refractivity (Wildman–Crippen MR) is 95.3 cm³/mol. The predicted octanol–water partition coefficient (Wildman–Crippen LogP) is 2.00. The molecule has 0 saturated carbocycles. The lowest BCUT2D eigenvalue weighted by atomic mass is 10.2. The molecule has 1 aromatic carbocycles. The Morgan fingerprint density at radius 2 is 1.88 bits per heavy atom. The second kappa shape index (κ2) is 7.76. The SMILES string of the molecule is Cc1ccc(NC(=O)CN2CCN([C@H](C)c3nc(C)no3)CC2)cc1. The number of anilines is 1. The molecule has 1 atom stereocenters. The van der Waals surface area contributed by atoms with Gasteiger partial charge in [-0.2, -0.15) is 4.98 Å². The molecule has 2 heterocycles. The van der Waals surface area contributed by atoms with Crippen LogP contribution in [0.4, 0.5) is 5.69 Å². The van der Waals surface area contributed by atoms with Gasteiger partial charge in [0.15, 0.2) is 5.82 Å². The van der Waals surface area contributed by atoms with Gasteiger partial charge in [0, 0.05) is 31.9 Å². The maximum absolute atomic E-state index is 12.2. The molecule has 1 N–H and O–H groups in total. The largest absolute Gasteiger partial charge is 0.338 e. The quantitative estimate of drug-likeness (QED) is 0.895. The van der Waals surface area contributed by atoms with Gasteiger partial charge in [0.05, 0.1) is 12.6 Å². The van der Waals surface area contributed by atoms with Crippen molar-refractivity contribution in [3.05, 3.63) is 41.5 Å². The fourth-order valence-corrected chi connectivity index (χ4v) is 2.99. The molecular formula is C18H25N5O2. The van der Waals surface area contributed by atoms with Gasteiger partial charge in [-0.15, -0.1) is 0 Å². The van der Waals surface area contributed by atoms with Crippen molar-refractivity contribution in [2.75, 3.05) is 38.0 Å². The van der Waals surface area contributed by atoms with E-state index in [0.29, 0.717) is 18.3 Å². The first-order valence-electron chi connectivity index (χ1n) is 8.64. The summed E-state index contributed by atoms with van der Waals surface area (Å²) in [6.45, 7) is 9.78. The summed E-state index contributed by atoms with van der Waals surface area (Å²) in [6.07, 6.45) is 0. The van der Waals surface area contributed by atoms with Gasteiger partial charge in [0.25, 0.3) is 0 Å². The molecule has 1 aliphatic rings. The maximum Gasteiger partial charge on any atom is 0.243 e. The van der Waals surface area contributed by atoms with E-state index >= 15 is 0 Å². The Morgan fingerprint density at radius 3 is 2.48 bits per heavy atom. The van der Waals surface area contributed by atoms with Gasteiger partial charge < -0.3 is 9.84 Å². The molecular weight excluding hydrogens is 318 g/mol. The summed E-state index contributed by atoms with van der Waals surface area (Å²) in [4.78, 5) is 21.0. The van der Waals surface area contributed by atoms with Crippen molar-refractivity contribution >= 4 is 11.6 Å². The Hall–Kier alpha value is -2.25. The molecule has 1 amide bonds. The van der Waals surface area contributed by atoms with Gasteiger partial charge >= 0.3 is 0 Å². The van der Waals surface area contributed by atoms with E-state index in [4.69, 9.17) is 4.52 Å². The summed E-state index contributed by atoms with van der Waals surface area (Å²) in [5, 5.41) is 6.81. The Morgan fingerprint density at radius 1 is 1.20 bits per heavy atom. The average molecular weight is 343 g/mol. The molecule has 0 bridgehead atoms. The van der Waals surface area contributed by atoms with Crippen LogP contribution in [0.15, 0.2) is 28.8 Å². The third-order valence-electron chi connectivity index (χ3n) is 4.56. The number of carbonyl (C=O) groups excluding carboxylic acids is 1. The number of rotatable bonds is 5. The summed E-state index contributed by atoms with van der Waals surface area (Å²) in [5.41, 5.74) is 2.02. The molecule has 1 aromatic heterocycles. The first-order valence-corrected chi connectivity index (χ1v) is 8.64. The number of benzene rings is 1. The molecule has 0 aliphatic carbocycles. The molecule has 1 aliphatic heterocycles. The lowest BCUT2D eigenvalue weighted by Gasteiger charge is -2.36. The zero-order chi connectivity index (χ0) is 17.8. The number of piperazine rings is 1. The van der Waals surface area contributed by atoms with Gasteiger partial charge in [-0.05, 0) is 32.9 Å². The normalized spacial score (nSPS) is 17.4. The van der Waals surface area contributed by atoms with Crippen LogP contribution in [-0.4, -0.2) is 58.6 Å². The number of hydrogen-bond acceptors (Lipinski definition) is 6. The van der Waals surface area contributed by atoms with Crippen LogP contribution < -0.4 is 5.32 Å². The van der Waals surface area contributed by atoms with Gasteiger partial charge in [0.1, 0.15) is 0 Å². The molecule has 0 spiro atoms. The van der Waals surface area contributed by atoms with Crippen LogP contribution in [0.25, 0.3) is 0 Å². The van der Waals surface area contributed by atoms with Crippen LogP contribution in [0.2, 0.25) is 0 Å². The maximum atomic E-state index is 12.2. The van der Waals surface area contributed by atoms with Crippen LogP contribution in [0, 0.1) is 13.8 Å². The molecule has 0 radical (unpaired) electrons. The Labute approximate surface area is 148 Å². The third kappa shape index (κ3) is 4.64. The fourth-order valence-electron chi connectivity index (χ4n) is 2.99. The third-order valence-corrected chi connectivity index (χ3v) is 4.56. The standard InChI is InChI=1S/C18H25N5O2/c1-13-4-6-16(7-5-13)20-17(24)12-22-8-10-23(11-9-22)14(2)18-19-15(3)21-25-18/h4-7,14H,8-12H2,1-3H3,(H,20,24)/t14-/m1/s1. The minimum atomic E-state index is 0.0258. The Kier molecular flexibility index (Phi) is 5.45. The van der Waals surface area contributed by atoms with Crippen LogP contribution in [0.3, 0.4) is 0 Å². The molecule has 7 heteroatoms. The summed E-state index contributed by atoms with van der Waals surface area (Å²) in [5.74, 6) is 1.34. The molecule has 2 aromatic rings. The van der Waals surface area contributed by atoms with E-state index in [1.54, 1.807) is 0 Å². The number of aromatic nitrogens is 2. The molecule has 1 fully saturated rings. The minimum absolute atomic E-state index is 0.0258. The second-order valence-corrected chi connectivity index (χ2v) is 6.58. The van der Waals surface area contributed by atoms with E-state index in [9.17, 15) is 4.79 Å². The van der Waals surface area contributed by atoms with Crippen molar-refractivity contribution in [2.45, 2.75) is 26.8 Å². The number of nitrogens with zero attached hydrogens (tertiary/aromatic N) is 4. The monoisotopic (exact) mass is 343 g/mol. The lowest BCUT2D eigenvalue weighted by molar-refractivity contribution is -0.117. The van der Waals surface area contributed by atoms with Crippen molar-refractivity contribution in [1.82, 2.24) is 19.9 Å². The van der Waals surface area contributed by atoms with Gasteiger partial charge in [-0.1, -0.05) is 22.9 Å².